The molecular formula is C61H80N10O9S. The topological polar surface area (TPSA) is 287 Å². The molecule has 2 aliphatic heterocycles. The SMILES string of the molecule is Cc1ccc2[nH]c(=O)c(C[C@H](C#N)NC(=O)C3[C@@H]4C(CN3C(=O)[C@H](NS(=O)(=O)C3CC3CC3(C)C(C)CN(C(=O)[C@H](NC(=O)C(C)C)C(C)(C)C)C3C(=O)N[C@@H](C#N)Cc3cc5cc(C)ccc5[nH]c3=O)C(C)(C)C)C4(C)C)cc2c1. The number of benzene rings is 2. The van der Waals surface area contributed by atoms with Gasteiger partial charge in [0.15, 0.2) is 0 Å². The molecule has 4 fully saturated rings. The fraction of sp³-hybridized carbons (Fsp3) is 0.590. The molecule has 0 radical (unpaired) electrons. The van der Waals surface area contributed by atoms with Crippen LogP contribution in [0.1, 0.15) is 118 Å². The maximum atomic E-state index is 15.1. The summed E-state index contributed by atoms with van der Waals surface area (Å²) in [6.45, 7) is 25.9. The number of sulfonamides is 1. The van der Waals surface area contributed by atoms with E-state index in [0.29, 0.717) is 16.6 Å². The number of hydrogen-bond acceptors (Lipinski definition) is 11. The molecule has 5 amide bonds. The first-order valence-electron chi connectivity index (χ1n) is 28.2. The van der Waals surface area contributed by atoms with Crippen LogP contribution in [0.5, 0.6) is 0 Å². The third-order valence-corrected chi connectivity index (χ3v) is 20.0. The lowest BCUT2D eigenvalue weighted by Crippen LogP contribution is -2.60. The zero-order chi connectivity index (χ0) is 59.8. The van der Waals surface area contributed by atoms with Gasteiger partial charge in [0.1, 0.15) is 36.3 Å². The van der Waals surface area contributed by atoms with E-state index in [2.05, 4.69) is 42.8 Å². The van der Waals surface area contributed by atoms with Crippen molar-refractivity contribution in [1.29, 1.82) is 10.5 Å². The summed E-state index contributed by atoms with van der Waals surface area (Å²) in [5, 5.41) is 29.9. The lowest BCUT2D eigenvalue weighted by Gasteiger charge is -2.40. The van der Waals surface area contributed by atoms with Gasteiger partial charge in [0.2, 0.25) is 39.6 Å². The van der Waals surface area contributed by atoms with Crippen molar-refractivity contribution in [2.24, 2.45) is 51.2 Å². The first-order valence-corrected chi connectivity index (χ1v) is 29.7. The first-order chi connectivity index (χ1) is 37.6. The number of aromatic nitrogens is 2. The normalized spacial score (nSPS) is 25.5. The molecule has 2 aromatic heterocycles. The zero-order valence-corrected chi connectivity index (χ0v) is 50.0. The molecule has 81 heavy (non-hydrogen) atoms. The van der Waals surface area contributed by atoms with Crippen LogP contribution in [0.25, 0.3) is 21.8 Å². The Morgan fingerprint density at radius 2 is 1.22 bits per heavy atom. The number of amides is 5. The number of carbonyl (C=O) groups is 5. The van der Waals surface area contributed by atoms with Crippen molar-refractivity contribution >= 4 is 61.4 Å². The summed E-state index contributed by atoms with van der Waals surface area (Å²) in [5.41, 5.74) is -0.279. The molecule has 2 aliphatic carbocycles. The van der Waals surface area contributed by atoms with Crippen LogP contribution in [-0.4, -0.2) is 112 Å². The summed E-state index contributed by atoms with van der Waals surface area (Å²) >= 11 is 0. The Bertz CT molecular complexity index is 3530. The standard InChI is InChI=1S/C61H80N10O9S/c1-31(2)51(72)68-48(58(6,7)8)56(77)71-29-34(5)61(14,50(71)55(76)65-41(28-63)24-38-22-36-20-33(4)16-18-44(36)67-53(38)74)26-39-25-45(39)81(79,80)69-49(59(9,10)11)57(78)70-30-42-46(60(42,12)13)47(70)54(75)64-40(27-62)23-37-21-35-19-32(3)15-17-43(35)66-52(37)73/h15-22,31,34,39-42,45-50,69H,23-26,29-30H2,1-14H3,(H,64,75)(H,65,76)(H,66,73)(H,67,74)(H,68,72)/t34?,39?,40-,41-,42?,45?,46+,47?,48+,49+,50?,61?/m1/s1. The van der Waals surface area contributed by atoms with Crippen molar-refractivity contribution in [3.63, 3.8) is 0 Å². The highest BCUT2D eigenvalue weighted by atomic mass is 32.2. The van der Waals surface area contributed by atoms with E-state index >= 15 is 14.4 Å². The number of pyridine rings is 2. The summed E-state index contributed by atoms with van der Waals surface area (Å²) in [6.07, 6.45) is 0.0783. The predicted molar refractivity (Wildman–Crippen MR) is 308 cm³/mol. The number of nitrogens with one attached hydrogen (secondary N) is 6. The molecule has 4 aromatic rings. The van der Waals surface area contributed by atoms with Crippen molar-refractivity contribution in [2.45, 2.75) is 164 Å². The van der Waals surface area contributed by atoms with E-state index in [9.17, 15) is 38.1 Å². The Balaban J connectivity index is 1.03. The lowest BCUT2D eigenvalue weighted by atomic mass is 9.71. The molecule has 2 saturated carbocycles. The van der Waals surface area contributed by atoms with Gasteiger partial charge in [-0.25, -0.2) is 13.1 Å². The van der Waals surface area contributed by atoms with Gasteiger partial charge in [0, 0.05) is 59.4 Å². The fourth-order valence-electron chi connectivity index (χ4n) is 12.8. The Hall–Kier alpha value is -6.90. The second kappa shape index (κ2) is 21.8. The van der Waals surface area contributed by atoms with E-state index in [1.807, 2.05) is 86.6 Å². The largest absolute Gasteiger partial charge is 0.344 e. The van der Waals surface area contributed by atoms with E-state index in [0.717, 1.165) is 21.9 Å². The maximum absolute atomic E-state index is 15.1. The van der Waals surface area contributed by atoms with Crippen molar-refractivity contribution in [2.75, 3.05) is 13.1 Å². The van der Waals surface area contributed by atoms with Gasteiger partial charge in [-0.05, 0) is 114 Å². The summed E-state index contributed by atoms with van der Waals surface area (Å²) in [5.74, 6) is -4.44. The highest BCUT2D eigenvalue weighted by Gasteiger charge is 2.70. The van der Waals surface area contributed by atoms with Crippen LogP contribution in [-0.2, 0) is 46.8 Å². The number of hydrogen-bond donors (Lipinski definition) is 6. The van der Waals surface area contributed by atoms with Gasteiger partial charge in [-0.15, -0.1) is 0 Å². The minimum absolute atomic E-state index is 0.0700. The van der Waals surface area contributed by atoms with Gasteiger partial charge in [-0.1, -0.05) is 106 Å². The molecule has 434 valence electrons. The average Bonchev–Trinajstić information content (AvgIpc) is 4.17. The summed E-state index contributed by atoms with van der Waals surface area (Å²) < 4.78 is 32.3. The molecule has 7 unspecified atom stereocenters. The maximum Gasteiger partial charge on any atom is 0.251 e. The minimum Gasteiger partial charge on any atom is -0.344 e. The van der Waals surface area contributed by atoms with E-state index in [1.165, 1.54) is 9.80 Å². The van der Waals surface area contributed by atoms with Crippen LogP contribution in [0.2, 0.25) is 0 Å². The highest BCUT2D eigenvalue weighted by molar-refractivity contribution is 7.90. The van der Waals surface area contributed by atoms with Crippen LogP contribution < -0.4 is 31.8 Å². The van der Waals surface area contributed by atoms with Gasteiger partial charge in [-0.3, -0.25) is 33.6 Å². The second-order valence-electron chi connectivity index (χ2n) is 27.1. The number of likely N-dealkylation sites (tertiary alicyclic amines) is 2. The third-order valence-electron chi connectivity index (χ3n) is 18.0. The third kappa shape index (κ3) is 12.1. The monoisotopic (exact) mass is 1130 g/mol. The summed E-state index contributed by atoms with van der Waals surface area (Å²) in [4.78, 5) is 108. The number of carbonyl (C=O) groups excluding carboxylic acids is 5. The van der Waals surface area contributed by atoms with Crippen molar-refractivity contribution in [3.05, 3.63) is 91.5 Å². The molecule has 12 atom stereocenters. The molecule has 0 bridgehead atoms. The Morgan fingerprint density at radius 3 is 1.70 bits per heavy atom. The Labute approximate surface area is 474 Å². The minimum atomic E-state index is -4.30. The molecule has 0 spiro atoms. The van der Waals surface area contributed by atoms with E-state index < -0.39 is 115 Å². The lowest BCUT2D eigenvalue weighted by molar-refractivity contribution is -0.146. The highest BCUT2D eigenvalue weighted by Crippen LogP contribution is 2.65. The fourth-order valence-corrected chi connectivity index (χ4v) is 14.8. The number of fused-ring (bicyclic) bond motifs is 3. The number of aryl methyl sites for hydroxylation is 2. The van der Waals surface area contributed by atoms with Crippen molar-refractivity contribution < 1.29 is 32.4 Å². The first kappa shape index (κ1) is 60.2. The molecule has 19 nitrogen and oxygen atoms in total. The molecular weight excluding hydrogens is 1050 g/mol. The average molecular weight is 1130 g/mol. The van der Waals surface area contributed by atoms with Crippen LogP contribution in [0.4, 0.5) is 0 Å². The van der Waals surface area contributed by atoms with Crippen LogP contribution >= 0.6 is 0 Å². The quantitative estimate of drug-likeness (QED) is 0.0776. The van der Waals surface area contributed by atoms with Crippen LogP contribution in [0.3, 0.4) is 0 Å². The van der Waals surface area contributed by atoms with Crippen LogP contribution in [0.15, 0.2) is 58.1 Å². The number of rotatable bonds is 17. The Morgan fingerprint density at radius 1 is 0.728 bits per heavy atom. The molecule has 20 heteroatoms. The van der Waals surface area contributed by atoms with Gasteiger partial charge >= 0.3 is 0 Å². The van der Waals surface area contributed by atoms with Gasteiger partial charge in [0.25, 0.3) is 11.1 Å². The number of aromatic amines is 2. The van der Waals surface area contributed by atoms with Crippen LogP contribution in [0, 0.1) is 87.8 Å². The van der Waals surface area contributed by atoms with Gasteiger partial charge < -0.3 is 35.7 Å². The molecule has 4 heterocycles. The smallest absolute Gasteiger partial charge is 0.251 e. The molecule has 8 rings (SSSR count). The number of nitrogens with zero attached hydrogens (tertiary/aromatic N) is 4. The zero-order valence-electron chi connectivity index (χ0n) is 49.2. The summed E-state index contributed by atoms with van der Waals surface area (Å²) in [6, 6.07) is 11.8. The van der Waals surface area contributed by atoms with E-state index in [-0.39, 0.29) is 73.1 Å². The Kier molecular flexibility index (Phi) is 16.2. The van der Waals surface area contributed by atoms with Crippen molar-refractivity contribution in [1.82, 2.24) is 40.4 Å². The molecule has 6 N–H and O–H groups in total. The van der Waals surface area contributed by atoms with E-state index in [1.54, 1.807) is 58.9 Å². The van der Waals surface area contributed by atoms with Crippen molar-refractivity contribution in [3.8, 4) is 12.1 Å². The molecule has 2 aromatic carbocycles. The number of H-pyrrole nitrogens is 2. The molecule has 2 saturated heterocycles. The van der Waals surface area contributed by atoms with E-state index in [4.69, 9.17) is 0 Å². The number of nitriles is 2. The molecule has 4 aliphatic rings. The van der Waals surface area contributed by atoms with Gasteiger partial charge in [-0.2, -0.15) is 10.5 Å². The second-order valence-corrected chi connectivity index (χ2v) is 29.0. The number of piperidine rings is 1. The van der Waals surface area contributed by atoms with Gasteiger partial charge in [0.05, 0.1) is 17.4 Å². The predicted octanol–water partition coefficient (Wildman–Crippen LogP) is 5.42. The summed E-state index contributed by atoms with van der Waals surface area (Å²) in [7, 11) is -4.30.